The van der Waals surface area contributed by atoms with E-state index in [1.165, 1.54) is 4.90 Å². The first-order valence-electron chi connectivity index (χ1n) is 8.99. The number of amides is 2. The van der Waals surface area contributed by atoms with E-state index in [9.17, 15) is 9.59 Å². The lowest BCUT2D eigenvalue weighted by Gasteiger charge is -2.27. The Morgan fingerprint density at radius 2 is 1.58 bits per heavy atom. The number of hydrogen-bond acceptors (Lipinski definition) is 4. The van der Waals surface area contributed by atoms with Crippen molar-refractivity contribution in [3.63, 3.8) is 0 Å². The molecule has 0 unspecified atom stereocenters. The molecule has 0 heterocycles. The smallest absolute Gasteiger partial charge is 0.409 e. The summed E-state index contributed by atoms with van der Waals surface area (Å²) in [5, 5.41) is 3.31. The maximum absolute atomic E-state index is 12.1. The van der Waals surface area contributed by atoms with Crippen molar-refractivity contribution in [1.82, 2.24) is 9.80 Å². The third kappa shape index (κ3) is 7.33. The molecule has 0 bridgehead atoms. The van der Waals surface area contributed by atoms with Gasteiger partial charge in [-0.15, -0.1) is 0 Å². The molecule has 0 radical (unpaired) electrons. The molecule has 1 rings (SSSR count). The van der Waals surface area contributed by atoms with E-state index in [-0.39, 0.29) is 12.5 Å². The lowest BCUT2D eigenvalue weighted by atomic mass is 9.95. The summed E-state index contributed by atoms with van der Waals surface area (Å²) in [6.07, 6.45) is -0.397. The highest BCUT2D eigenvalue weighted by Crippen LogP contribution is 2.16. The molecule has 0 aliphatic carbocycles. The summed E-state index contributed by atoms with van der Waals surface area (Å²) in [6, 6.07) is 8.19. The van der Waals surface area contributed by atoms with Gasteiger partial charge >= 0.3 is 6.09 Å². The highest BCUT2D eigenvalue weighted by atomic mass is 16.6. The molecular formula is C20H33N3O3. The van der Waals surface area contributed by atoms with Gasteiger partial charge in [-0.05, 0) is 31.5 Å². The highest BCUT2D eigenvalue weighted by molar-refractivity contribution is 5.81. The van der Waals surface area contributed by atoms with Crippen LogP contribution in [-0.2, 0) is 16.1 Å². The normalized spacial score (nSPS) is 11.2. The molecule has 0 fully saturated rings. The number of ether oxygens (including phenoxy) is 1. The third-order valence-corrected chi connectivity index (χ3v) is 3.84. The Morgan fingerprint density at radius 1 is 1.04 bits per heavy atom. The number of carbonyl (C=O) groups excluding carboxylic acids is 2. The van der Waals surface area contributed by atoms with Gasteiger partial charge in [0.25, 0.3) is 0 Å². The standard InChI is InChI=1S/C20H33N3O3/c1-15(2)21-17-10-8-16(9-11-17)14-26-19(25)23(7)13-12-22(6)18(24)20(3,4)5/h8-11,15,21H,12-14H2,1-7H3. The largest absolute Gasteiger partial charge is 0.445 e. The van der Waals surface area contributed by atoms with Gasteiger partial charge in [-0.3, -0.25) is 4.79 Å². The molecule has 146 valence electrons. The van der Waals surface area contributed by atoms with E-state index in [1.54, 1.807) is 19.0 Å². The van der Waals surface area contributed by atoms with Gasteiger partial charge < -0.3 is 19.9 Å². The van der Waals surface area contributed by atoms with Crippen LogP contribution in [0.3, 0.4) is 0 Å². The van der Waals surface area contributed by atoms with Gasteiger partial charge in [0.1, 0.15) is 6.61 Å². The summed E-state index contributed by atoms with van der Waals surface area (Å²) in [4.78, 5) is 27.4. The van der Waals surface area contributed by atoms with Gasteiger partial charge in [0, 0.05) is 44.3 Å². The second-order valence-electron chi connectivity index (χ2n) is 7.95. The van der Waals surface area contributed by atoms with Crippen molar-refractivity contribution in [1.29, 1.82) is 0 Å². The van der Waals surface area contributed by atoms with Crippen molar-refractivity contribution in [2.75, 3.05) is 32.5 Å². The Balaban J connectivity index is 2.41. The van der Waals surface area contributed by atoms with Crippen LogP contribution >= 0.6 is 0 Å². The second kappa shape index (κ2) is 9.46. The summed E-state index contributed by atoms with van der Waals surface area (Å²) in [5.74, 6) is 0.0503. The van der Waals surface area contributed by atoms with E-state index < -0.39 is 11.5 Å². The zero-order chi connectivity index (χ0) is 19.9. The number of likely N-dealkylation sites (N-methyl/N-ethyl adjacent to an activating group) is 2. The Labute approximate surface area is 157 Å². The zero-order valence-electron chi connectivity index (χ0n) is 17.1. The first-order chi connectivity index (χ1) is 12.0. The number of benzene rings is 1. The van der Waals surface area contributed by atoms with Gasteiger partial charge in [-0.1, -0.05) is 32.9 Å². The second-order valence-corrected chi connectivity index (χ2v) is 7.95. The summed E-state index contributed by atoms with van der Waals surface area (Å²) in [5.41, 5.74) is 1.55. The zero-order valence-corrected chi connectivity index (χ0v) is 17.1. The average Bonchev–Trinajstić information content (AvgIpc) is 2.56. The fourth-order valence-corrected chi connectivity index (χ4v) is 2.35. The van der Waals surface area contributed by atoms with E-state index in [0.717, 1.165) is 11.3 Å². The molecule has 2 amide bonds. The molecule has 0 atom stereocenters. The molecule has 0 aliphatic heterocycles. The number of anilines is 1. The maximum Gasteiger partial charge on any atom is 0.409 e. The van der Waals surface area contributed by atoms with E-state index in [0.29, 0.717) is 19.1 Å². The van der Waals surface area contributed by atoms with E-state index in [2.05, 4.69) is 19.2 Å². The molecule has 6 nitrogen and oxygen atoms in total. The average molecular weight is 364 g/mol. The number of nitrogens with zero attached hydrogens (tertiary/aromatic N) is 2. The van der Waals surface area contributed by atoms with Crippen molar-refractivity contribution in [2.45, 2.75) is 47.3 Å². The van der Waals surface area contributed by atoms with Gasteiger partial charge in [0.15, 0.2) is 0 Å². The highest BCUT2D eigenvalue weighted by Gasteiger charge is 2.25. The quantitative estimate of drug-likeness (QED) is 0.804. The molecule has 0 saturated heterocycles. The van der Waals surface area contributed by atoms with E-state index in [4.69, 9.17) is 4.74 Å². The lowest BCUT2D eigenvalue weighted by molar-refractivity contribution is -0.138. The molecule has 1 aromatic rings. The summed E-state index contributed by atoms with van der Waals surface area (Å²) in [7, 11) is 3.42. The predicted molar refractivity (Wildman–Crippen MR) is 105 cm³/mol. The number of hydrogen-bond donors (Lipinski definition) is 1. The molecule has 1 N–H and O–H groups in total. The van der Waals surface area contributed by atoms with Crippen LogP contribution in [0.15, 0.2) is 24.3 Å². The van der Waals surface area contributed by atoms with Crippen LogP contribution in [0.25, 0.3) is 0 Å². The predicted octanol–water partition coefficient (Wildman–Crippen LogP) is 3.58. The summed E-state index contributed by atoms with van der Waals surface area (Å²) < 4.78 is 5.33. The number of nitrogens with one attached hydrogen (secondary N) is 1. The number of rotatable bonds is 7. The van der Waals surface area contributed by atoms with Crippen molar-refractivity contribution in [2.24, 2.45) is 5.41 Å². The first kappa shape index (κ1) is 21.8. The van der Waals surface area contributed by atoms with E-state index in [1.807, 2.05) is 45.0 Å². The summed E-state index contributed by atoms with van der Waals surface area (Å²) >= 11 is 0. The topological polar surface area (TPSA) is 61.9 Å². The SMILES string of the molecule is CC(C)Nc1ccc(COC(=O)N(C)CCN(C)C(=O)C(C)(C)C)cc1. The molecule has 0 saturated carbocycles. The van der Waals surface area contributed by atoms with E-state index >= 15 is 0 Å². The van der Waals surface area contributed by atoms with Gasteiger partial charge in [0.05, 0.1) is 0 Å². The molecule has 26 heavy (non-hydrogen) atoms. The van der Waals surface area contributed by atoms with Crippen molar-refractivity contribution in [3.05, 3.63) is 29.8 Å². The fourth-order valence-electron chi connectivity index (χ4n) is 2.35. The summed E-state index contributed by atoms with van der Waals surface area (Å²) in [6.45, 7) is 10.9. The van der Waals surface area contributed by atoms with Crippen molar-refractivity contribution < 1.29 is 14.3 Å². The minimum absolute atomic E-state index is 0.0503. The molecule has 0 spiro atoms. The van der Waals surface area contributed by atoms with Crippen LogP contribution in [0.5, 0.6) is 0 Å². The van der Waals surface area contributed by atoms with Crippen LogP contribution in [0.1, 0.15) is 40.2 Å². The van der Waals surface area contributed by atoms with Gasteiger partial charge in [0.2, 0.25) is 5.91 Å². The van der Waals surface area contributed by atoms with Crippen LogP contribution < -0.4 is 5.32 Å². The first-order valence-corrected chi connectivity index (χ1v) is 8.99. The Hall–Kier alpha value is -2.24. The number of carbonyl (C=O) groups is 2. The third-order valence-electron chi connectivity index (χ3n) is 3.84. The monoisotopic (exact) mass is 363 g/mol. The fraction of sp³-hybridized carbons (Fsp3) is 0.600. The van der Waals surface area contributed by atoms with Crippen LogP contribution in [0, 0.1) is 5.41 Å². The van der Waals surface area contributed by atoms with Gasteiger partial charge in [-0.2, -0.15) is 0 Å². The van der Waals surface area contributed by atoms with Crippen LogP contribution in [0.4, 0.5) is 10.5 Å². The van der Waals surface area contributed by atoms with Crippen molar-refractivity contribution >= 4 is 17.7 Å². The minimum atomic E-state index is -0.426. The van der Waals surface area contributed by atoms with Crippen LogP contribution in [0.2, 0.25) is 0 Å². The molecule has 1 aromatic carbocycles. The van der Waals surface area contributed by atoms with Crippen LogP contribution in [-0.4, -0.2) is 55.0 Å². The van der Waals surface area contributed by atoms with Gasteiger partial charge in [-0.25, -0.2) is 4.79 Å². The van der Waals surface area contributed by atoms with Crippen molar-refractivity contribution in [3.8, 4) is 0 Å². The Kier molecular flexibility index (Phi) is 7.93. The Bertz CT molecular complexity index is 591. The molecule has 6 heteroatoms. The Morgan fingerprint density at radius 3 is 2.08 bits per heavy atom. The minimum Gasteiger partial charge on any atom is -0.445 e. The molecule has 0 aromatic heterocycles. The lowest BCUT2D eigenvalue weighted by Crippen LogP contribution is -2.41. The maximum atomic E-state index is 12.1. The molecular weight excluding hydrogens is 330 g/mol. The molecule has 0 aliphatic rings.